The van der Waals surface area contributed by atoms with Crippen LogP contribution in [0.2, 0.25) is 0 Å². The first-order chi connectivity index (χ1) is 28.0. The molecular weight excluding hydrogens is 711 g/mol. The van der Waals surface area contributed by atoms with E-state index >= 15 is 0 Å². The van der Waals surface area contributed by atoms with Crippen molar-refractivity contribution in [2.45, 2.75) is 24.3 Å². The number of ether oxygens (including phenoxy) is 3. The summed E-state index contributed by atoms with van der Waals surface area (Å²) in [5.41, 5.74) is 8.21. The molecule has 0 fully saturated rings. The predicted molar refractivity (Wildman–Crippen MR) is 225 cm³/mol. The van der Waals surface area contributed by atoms with Crippen LogP contribution in [0.1, 0.15) is 45.7 Å². The number of aryl methyl sites for hydroxylation is 1. The third-order valence-corrected chi connectivity index (χ3v) is 10.8. The van der Waals surface area contributed by atoms with Crippen molar-refractivity contribution in [3.63, 3.8) is 0 Å². The molecule has 290 valence electrons. The van der Waals surface area contributed by atoms with Crippen LogP contribution in [-0.2, 0) is 21.5 Å². The molecule has 0 saturated carbocycles. The molecule has 8 heteroatoms. The fraction of sp³-hybridized carbons (Fsp3) is 0.224. The molecule has 6 aromatic rings. The lowest BCUT2D eigenvalue weighted by Gasteiger charge is -2.38. The van der Waals surface area contributed by atoms with Gasteiger partial charge in [0.05, 0.1) is 19.8 Å². The SMILES string of the molecule is COc1ccc(CCC(=O)N(CCNC(=O)OCC2c3ccccc3-c3ccccc32)CCNC(c2ccccc2)(c2ccccc2)c2ccccc2)cc1OC. The van der Waals surface area contributed by atoms with Gasteiger partial charge in [-0.05, 0) is 63.1 Å². The number of methoxy groups -OCH3 is 2. The largest absolute Gasteiger partial charge is 0.493 e. The number of hydrogen-bond donors (Lipinski definition) is 2. The molecule has 0 unspecified atom stereocenters. The number of alkyl carbamates (subject to hydrolysis) is 1. The smallest absolute Gasteiger partial charge is 0.407 e. The van der Waals surface area contributed by atoms with E-state index < -0.39 is 11.6 Å². The van der Waals surface area contributed by atoms with Crippen molar-refractivity contribution in [2.75, 3.05) is 47.0 Å². The zero-order chi connectivity index (χ0) is 39.5. The lowest BCUT2D eigenvalue weighted by atomic mass is 9.77. The van der Waals surface area contributed by atoms with Crippen molar-refractivity contribution in [3.05, 3.63) is 191 Å². The molecule has 0 aromatic heterocycles. The molecule has 2 amide bonds. The molecule has 0 saturated heterocycles. The maximum absolute atomic E-state index is 14.1. The maximum Gasteiger partial charge on any atom is 0.407 e. The van der Waals surface area contributed by atoms with Crippen LogP contribution in [0.3, 0.4) is 0 Å². The predicted octanol–water partition coefficient (Wildman–Crippen LogP) is 8.59. The van der Waals surface area contributed by atoms with Gasteiger partial charge in [-0.1, -0.05) is 146 Å². The number of carbonyl (C=O) groups excluding carboxylic acids is 2. The summed E-state index contributed by atoms with van der Waals surface area (Å²) in [5, 5.41) is 6.82. The molecule has 2 N–H and O–H groups in total. The zero-order valence-electron chi connectivity index (χ0n) is 32.5. The first kappa shape index (κ1) is 38.9. The van der Waals surface area contributed by atoms with Gasteiger partial charge in [0.2, 0.25) is 5.91 Å². The van der Waals surface area contributed by atoms with Crippen LogP contribution in [0, 0.1) is 0 Å². The minimum Gasteiger partial charge on any atom is -0.493 e. The van der Waals surface area contributed by atoms with Crippen molar-refractivity contribution in [3.8, 4) is 22.6 Å². The Morgan fingerprint density at radius 3 is 1.67 bits per heavy atom. The average Bonchev–Trinajstić information content (AvgIpc) is 3.59. The Morgan fingerprint density at radius 1 is 0.614 bits per heavy atom. The molecule has 0 heterocycles. The van der Waals surface area contributed by atoms with Crippen LogP contribution < -0.4 is 20.1 Å². The summed E-state index contributed by atoms with van der Waals surface area (Å²) in [6.45, 7) is 1.65. The summed E-state index contributed by atoms with van der Waals surface area (Å²) in [4.78, 5) is 29.0. The van der Waals surface area contributed by atoms with Gasteiger partial charge in [-0.3, -0.25) is 10.1 Å². The quantitative estimate of drug-likeness (QED) is 0.0907. The van der Waals surface area contributed by atoms with Crippen LogP contribution in [0.15, 0.2) is 158 Å². The van der Waals surface area contributed by atoms with E-state index in [1.54, 1.807) is 14.2 Å². The highest BCUT2D eigenvalue weighted by Gasteiger charge is 2.36. The van der Waals surface area contributed by atoms with Crippen molar-refractivity contribution in [2.24, 2.45) is 0 Å². The van der Waals surface area contributed by atoms with Crippen LogP contribution in [0.4, 0.5) is 4.79 Å². The van der Waals surface area contributed by atoms with Crippen molar-refractivity contribution >= 4 is 12.0 Å². The van der Waals surface area contributed by atoms with Crippen molar-refractivity contribution in [1.29, 1.82) is 0 Å². The molecule has 8 nitrogen and oxygen atoms in total. The molecule has 1 aliphatic rings. The third-order valence-electron chi connectivity index (χ3n) is 10.8. The number of hydrogen-bond acceptors (Lipinski definition) is 6. The molecule has 0 bridgehead atoms. The number of fused-ring (bicyclic) bond motifs is 3. The maximum atomic E-state index is 14.1. The van der Waals surface area contributed by atoms with Gasteiger partial charge in [-0.2, -0.15) is 0 Å². The summed E-state index contributed by atoms with van der Waals surface area (Å²) >= 11 is 0. The standard InChI is InChI=1S/C49H49N3O5/c1-55-45-28-26-36(34-46(45)56-2)27-29-47(53)52(32-30-50-48(54)57-35-44-42-24-14-12-22-40(42)41-23-13-15-25-43(41)44)33-31-51-49(37-16-6-3-7-17-37,38-18-8-4-9-19-38)39-20-10-5-11-21-39/h3-26,28,34,44,51H,27,29-33,35H2,1-2H3,(H,50,54). The van der Waals surface area contributed by atoms with Crippen molar-refractivity contribution < 1.29 is 23.8 Å². The van der Waals surface area contributed by atoms with Gasteiger partial charge < -0.3 is 24.4 Å². The van der Waals surface area contributed by atoms with E-state index in [-0.39, 0.29) is 31.4 Å². The van der Waals surface area contributed by atoms with Gasteiger partial charge in [-0.15, -0.1) is 0 Å². The minimum atomic E-state index is -0.683. The number of nitrogens with one attached hydrogen (secondary N) is 2. The molecule has 0 spiro atoms. The zero-order valence-corrected chi connectivity index (χ0v) is 32.5. The highest BCUT2D eigenvalue weighted by molar-refractivity contribution is 5.79. The van der Waals surface area contributed by atoms with Gasteiger partial charge in [-0.25, -0.2) is 4.79 Å². The van der Waals surface area contributed by atoms with Gasteiger partial charge >= 0.3 is 6.09 Å². The van der Waals surface area contributed by atoms with E-state index in [4.69, 9.17) is 14.2 Å². The monoisotopic (exact) mass is 759 g/mol. The lowest BCUT2D eigenvalue weighted by molar-refractivity contribution is -0.131. The fourth-order valence-corrected chi connectivity index (χ4v) is 8.00. The van der Waals surface area contributed by atoms with Crippen LogP contribution in [-0.4, -0.2) is 63.9 Å². The molecule has 6 aromatic carbocycles. The van der Waals surface area contributed by atoms with Crippen molar-refractivity contribution in [1.82, 2.24) is 15.5 Å². The average molecular weight is 760 g/mol. The second-order valence-corrected chi connectivity index (χ2v) is 14.1. The number of amides is 2. The Bertz CT molecular complexity index is 2100. The summed E-state index contributed by atoms with van der Waals surface area (Å²) in [6.07, 6.45) is 0.288. The Morgan fingerprint density at radius 2 is 1.12 bits per heavy atom. The number of rotatable bonds is 17. The van der Waals surface area contributed by atoms with Gasteiger partial charge in [0.1, 0.15) is 6.61 Å². The van der Waals surface area contributed by atoms with E-state index in [1.807, 2.05) is 65.6 Å². The summed E-state index contributed by atoms with van der Waals surface area (Å²) in [5.74, 6) is 1.20. The summed E-state index contributed by atoms with van der Waals surface area (Å²) in [7, 11) is 3.21. The molecule has 0 radical (unpaired) electrons. The topological polar surface area (TPSA) is 89.1 Å². The Kier molecular flexibility index (Phi) is 12.6. The number of benzene rings is 6. The van der Waals surface area contributed by atoms with E-state index in [0.717, 1.165) is 33.4 Å². The highest BCUT2D eigenvalue weighted by Crippen LogP contribution is 2.44. The minimum absolute atomic E-state index is 0.0225. The first-order valence-corrected chi connectivity index (χ1v) is 19.5. The molecule has 0 aliphatic heterocycles. The molecule has 57 heavy (non-hydrogen) atoms. The van der Waals surface area contributed by atoms with Gasteiger partial charge in [0.15, 0.2) is 11.5 Å². The number of carbonyl (C=O) groups is 2. The van der Waals surface area contributed by atoms with Crippen LogP contribution >= 0.6 is 0 Å². The highest BCUT2D eigenvalue weighted by atomic mass is 16.5. The molecule has 0 atom stereocenters. The van der Waals surface area contributed by atoms with E-state index in [2.05, 4.69) is 108 Å². The number of nitrogens with zero attached hydrogens (tertiary/aromatic N) is 1. The van der Waals surface area contributed by atoms with Crippen LogP contribution in [0.25, 0.3) is 11.1 Å². The van der Waals surface area contributed by atoms with E-state index in [0.29, 0.717) is 37.6 Å². The molecule has 1 aliphatic carbocycles. The Hall–Kier alpha value is -6.38. The second kappa shape index (κ2) is 18.5. The lowest BCUT2D eigenvalue weighted by Crippen LogP contribution is -2.49. The summed E-state index contributed by atoms with van der Waals surface area (Å²) in [6, 6.07) is 53.4. The Balaban J connectivity index is 1.06. The summed E-state index contributed by atoms with van der Waals surface area (Å²) < 4.78 is 16.7. The Labute approximate surface area is 335 Å². The molecule has 7 rings (SSSR count). The fourth-order valence-electron chi connectivity index (χ4n) is 8.00. The van der Waals surface area contributed by atoms with E-state index in [1.165, 1.54) is 11.1 Å². The van der Waals surface area contributed by atoms with Gasteiger partial charge in [0.25, 0.3) is 0 Å². The normalized spacial score (nSPS) is 12.0. The third kappa shape index (κ3) is 8.72. The van der Waals surface area contributed by atoms with Crippen LogP contribution in [0.5, 0.6) is 11.5 Å². The molecular formula is C49H49N3O5. The first-order valence-electron chi connectivity index (χ1n) is 19.5. The van der Waals surface area contributed by atoms with E-state index in [9.17, 15) is 9.59 Å². The second-order valence-electron chi connectivity index (χ2n) is 14.1. The van der Waals surface area contributed by atoms with Gasteiger partial charge in [0, 0.05) is 38.5 Å².